The van der Waals surface area contributed by atoms with Gasteiger partial charge in [-0.25, -0.2) is 0 Å². The van der Waals surface area contributed by atoms with Gasteiger partial charge < -0.3 is 28.9 Å². The minimum absolute atomic E-state index is 0. The van der Waals surface area contributed by atoms with E-state index < -0.39 is 5.97 Å². The van der Waals surface area contributed by atoms with Gasteiger partial charge in [0.05, 0.1) is 18.8 Å². The third-order valence-electron chi connectivity index (χ3n) is 5.24. The van der Waals surface area contributed by atoms with Gasteiger partial charge in [0.2, 0.25) is 0 Å². The number of carboxylic acid groups (broad SMARTS) is 1. The number of phenolic OH excluding ortho intramolecular Hbond substituents is 1. The first-order valence-electron chi connectivity index (χ1n) is 10.9. The smallest absolute Gasteiger partial charge is 0.542 e. The predicted octanol–water partition coefficient (Wildman–Crippen LogP) is 1.24. The van der Waals surface area contributed by atoms with Crippen LogP contribution in [0.4, 0.5) is 0 Å². The van der Waals surface area contributed by atoms with Crippen molar-refractivity contribution in [1.29, 1.82) is 0 Å². The van der Waals surface area contributed by atoms with Crippen LogP contribution in [-0.4, -0.2) is 30.1 Å². The number of allylic oxidation sites excluding steroid dienone is 1. The molecular formula is C26H27NaO7. The zero-order valence-corrected chi connectivity index (χ0v) is 21.8. The number of aromatic carboxylic acids is 1. The van der Waals surface area contributed by atoms with Crippen molar-refractivity contribution in [3.8, 4) is 17.2 Å². The summed E-state index contributed by atoms with van der Waals surface area (Å²) in [5.41, 5.74) is 2.16. The predicted molar refractivity (Wildman–Crippen MR) is 122 cm³/mol. The van der Waals surface area contributed by atoms with Crippen molar-refractivity contribution in [2.75, 3.05) is 13.2 Å². The van der Waals surface area contributed by atoms with Crippen LogP contribution in [0, 0.1) is 0 Å². The molecule has 8 heteroatoms. The van der Waals surface area contributed by atoms with Gasteiger partial charge in [-0.3, -0.25) is 4.79 Å². The van der Waals surface area contributed by atoms with E-state index in [4.69, 9.17) is 13.9 Å². The largest absolute Gasteiger partial charge is 1.00 e. The topological polar surface area (TPSA) is 109 Å². The maximum absolute atomic E-state index is 11.7. The Bertz CT molecular complexity index is 1180. The second kappa shape index (κ2) is 12.6. The van der Waals surface area contributed by atoms with Gasteiger partial charge in [0.25, 0.3) is 0 Å². The van der Waals surface area contributed by atoms with E-state index >= 15 is 0 Å². The van der Waals surface area contributed by atoms with Crippen molar-refractivity contribution in [2.24, 2.45) is 0 Å². The van der Waals surface area contributed by atoms with Gasteiger partial charge in [0.15, 0.2) is 11.5 Å². The number of ketones is 1. The Labute approximate surface area is 220 Å². The summed E-state index contributed by atoms with van der Waals surface area (Å²) in [6, 6.07) is 8.13. The first-order chi connectivity index (χ1) is 15.9. The van der Waals surface area contributed by atoms with Gasteiger partial charge in [0.1, 0.15) is 28.8 Å². The molecule has 1 aromatic heterocycles. The molecular weight excluding hydrogens is 447 g/mol. The van der Waals surface area contributed by atoms with E-state index in [2.05, 4.69) is 6.58 Å². The Morgan fingerprint density at radius 2 is 1.76 bits per heavy atom. The van der Waals surface area contributed by atoms with Crippen LogP contribution >= 0.6 is 0 Å². The molecule has 2 aromatic carbocycles. The van der Waals surface area contributed by atoms with Gasteiger partial charge in [0, 0.05) is 22.9 Å². The van der Waals surface area contributed by atoms with E-state index in [1.165, 1.54) is 13.0 Å². The van der Waals surface area contributed by atoms with E-state index in [1.54, 1.807) is 30.3 Å². The minimum Gasteiger partial charge on any atom is -0.542 e. The van der Waals surface area contributed by atoms with Gasteiger partial charge in [-0.05, 0) is 50.1 Å². The molecule has 0 aliphatic carbocycles. The molecule has 0 saturated heterocycles. The molecule has 174 valence electrons. The summed E-state index contributed by atoms with van der Waals surface area (Å²) < 4.78 is 17.1. The van der Waals surface area contributed by atoms with Crippen molar-refractivity contribution in [2.45, 2.75) is 39.5 Å². The third kappa shape index (κ3) is 6.23. The molecule has 1 N–H and O–H groups in total. The van der Waals surface area contributed by atoms with E-state index in [1.807, 2.05) is 6.92 Å². The number of carbonyl (C=O) groups is 2. The summed E-state index contributed by atoms with van der Waals surface area (Å²) in [7, 11) is 0. The molecule has 0 aliphatic rings. The van der Waals surface area contributed by atoms with E-state index in [0.717, 1.165) is 12.0 Å². The molecule has 0 spiro atoms. The zero-order chi connectivity index (χ0) is 24.0. The van der Waals surface area contributed by atoms with Crippen molar-refractivity contribution in [1.82, 2.24) is 0 Å². The normalized spacial score (nSPS) is 10.5. The summed E-state index contributed by atoms with van der Waals surface area (Å²) in [4.78, 5) is 22.8. The van der Waals surface area contributed by atoms with Crippen LogP contribution in [-0.2, 0) is 12.8 Å². The van der Waals surface area contributed by atoms with Crippen LogP contribution in [0.5, 0.6) is 17.2 Å². The molecule has 0 unspecified atom stereocenters. The fraction of sp³-hybridized carbons (Fsp3) is 0.308. The van der Waals surface area contributed by atoms with Gasteiger partial charge in [-0.2, -0.15) is 0 Å². The van der Waals surface area contributed by atoms with E-state index in [0.29, 0.717) is 66.1 Å². The van der Waals surface area contributed by atoms with Crippen LogP contribution in [0.25, 0.3) is 11.0 Å². The fourth-order valence-corrected chi connectivity index (χ4v) is 3.69. The number of carbonyl (C=O) groups excluding carboxylic acids is 2. The van der Waals surface area contributed by atoms with Gasteiger partial charge >= 0.3 is 29.6 Å². The molecule has 0 radical (unpaired) electrons. The molecule has 0 bridgehead atoms. The Balaban J connectivity index is 0.00000408. The Hall–Kier alpha value is -2.74. The number of carboxylic acids is 1. The van der Waals surface area contributed by atoms with Crippen molar-refractivity contribution in [3.05, 3.63) is 65.4 Å². The summed E-state index contributed by atoms with van der Waals surface area (Å²) in [6.45, 7) is 7.89. The molecule has 3 aromatic rings. The maximum atomic E-state index is 11.7. The maximum Gasteiger partial charge on any atom is 1.00 e. The molecule has 0 amide bonds. The Kier molecular flexibility index (Phi) is 10.2. The summed E-state index contributed by atoms with van der Waals surface area (Å²) in [6.07, 6.45) is 4.17. The van der Waals surface area contributed by atoms with Crippen LogP contribution < -0.4 is 44.1 Å². The van der Waals surface area contributed by atoms with Crippen molar-refractivity contribution >= 4 is 22.7 Å². The molecule has 0 saturated carbocycles. The number of benzene rings is 2. The zero-order valence-electron chi connectivity index (χ0n) is 19.8. The van der Waals surface area contributed by atoms with E-state index in [-0.39, 0.29) is 46.9 Å². The number of aromatic hydroxyl groups is 1. The number of rotatable bonds is 12. The Morgan fingerprint density at radius 3 is 2.35 bits per heavy atom. The van der Waals surface area contributed by atoms with Crippen LogP contribution in [0.1, 0.15) is 58.7 Å². The summed E-state index contributed by atoms with van der Waals surface area (Å²) in [5, 5.41) is 22.2. The summed E-state index contributed by atoms with van der Waals surface area (Å²) >= 11 is 0. The standard InChI is InChI=1S/C26H28O7.Na/c1-4-7-18-20-15-24(26(29)30)33-23(20)12-11-21(18)31-13-6-14-32-22-10-9-17(16(3)27)25(28)19(22)8-5-2;/h4,9-12,15,28H,1,5-8,13-14H2,2-3H3,(H,29,30);/q;+1/p-1. The number of hydrogen-bond donors (Lipinski definition) is 1. The average Bonchev–Trinajstić information content (AvgIpc) is 3.22. The van der Waals surface area contributed by atoms with Crippen molar-refractivity contribution < 1.29 is 63.3 Å². The minimum atomic E-state index is -1.37. The monoisotopic (exact) mass is 474 g/mol. The number of ether oxygens (including phenoxy) is 2. The summed E-state index contributed by atoms with van der Waals surface area (Å²) in [5.74, 6) is -0.648. The van der Waals surface area contributed by atoms with Crippen LogP contribution in [0.2, 0.25) is 0 Å². The number of Topliss-reactive ketones (excluding diaryl/α,β-unsaturated/α-hetero) is 1. The molecule has 0 aliphatic heterocycles. The van der Waals surface area contributed by atoms with E-state index in [9.17, 15) is 19.8 Å². The first-order valence-corrected chi connectivity index (χ1v) is 10.9. The Morgan fingerprint density at radius 1 is 1.12 bits per heavy atom. The third-order valence-corrected chi connectivity index (χ3v) is 5.24. The van der Waals surface area contributed by atoms with Crippen molar-refractivity contribution in [3.63, 3.8) is 0 Å². The molecule has 1 heterocycles. The van der Waals surface area contributed by atoms with Crippen LogP contribution in [0.3, 0.4) is 0 Å². The molecule has 34 heavy (non-hydrogen) atoms. The number of phenols is 1. The number of fused-ring (bicyclic) bond motifs is 1. The fourth-order valence-electron chi connectivity index (χ4n) is 3.69. The SMILES string of the molecule is C=CCc1c(OCCCOc2ccc(C(C)=O)c(O)c2CCC)ccc2oc(C(=O)[O-])cc12.[Na+]. The quantitative estimate of drug-likeness (QED) is 0.182. The molecule has 7 nitrogen and oxygen atoms in total. The molecule has 0 atom stereocenters. The number of furan rings is 1. The second-order valence-electron chi connectivity index (χ2n) is 7.64. The van der Waals surface area contributed by atoms with Gasteiger partial charge in [-0.15, -0.1) is 6.58 Å². The average molecular weight is 474 g/mol. The molecule has 0 fully saturated rings. The first kappa shape index (κ1) is 27.5. The van der Waals surface area contributed by atoms with Crippen LogP contribution in [0.15, 0.2) is 47.4 Å². The number of hydrogen-bond acceptors (Lipinski definition) is 7. The van der Waals surface area contributed by atoms with Gasteiger partial charge in [-0.1, -0.05) is 19.4 Å². The second-order valence-corrected chi connectivity index (χ2v) is 7.64. The molecule has 3 rings (SSSR count).